The number of benzene rings is 3. The topological polar surface area (TPSA) is 30.5 Å². The van der Waals surface area contributed by atoms with Gasteiger partial charge in [0.25, 0.3) is 0 Å². The van der Waals surface area contributed by atoms with Crippen LogP contribution in [0.4, 0.5) is 5.69 Å². The summed E-state index contributed by atoms with van der Waals surface area (Å²) < 4.78 is 13.6. The van der Waals surface area contributed by atoms with Gasteiger partial charge in [-0.25, -0.2) is 0 Å². The second kappa shape index (κ2) is 10.6. The summed E-state index contributed by atoms with van der Waals surface area (Å²) in [7, 11) is 0. The van der Waals surface area contributed by atoms with Crippen LogP contribution in [0.3, 0.4) is 0 Å². The molecule has 0 aliphatic rings. The molecule has 3 nitrogen and oxygen atoms in total. The zero-order valence-corrected chi connectivity index (χ0v) is 20.3. The van der Waals surface area contributed by atoms with Gasteiger partial charge < -0.3 is 14.8 Å². The maximum Gasteiger partial charge on any atom is 0.180 e. The van der Waals surface area contributed by atoms with Gasteiger partial charge in [-0.1, -0.05) is 51.3 Å². The van der Waals surface area contributed by atoms with Crippen LogP contribution < -0.4 is 14.8 Å². The highest BCUT2D eigenvalue weighted by Gasteiger charge is 2.13. The molecule has 152 valence electrons. The van der Waals surface area contributed by atoms with E-state index in [2.05, 4.69) is 37.2 Å². The summed E-state index contributed by atoms with van der Waals surface area (Å²) in [6, 6.07) is 17.5. The SMILES string of the molecule is CCOc1cc(CNc2ccc(Br)c(Cl)c2)cc(Cl)c1OCc1ccc(Br)cc1. The molecule has 0 fully saturated rings. The van der Waals surface area contributed by atoms with Crippen molar-refractivity contribution < 1.29 is 9.47 Å². The minimum atomic E-state index is 0.405. The van der Waals surface area contributed by atoms with Crippen LogP contribution >= 0.6 is 55.1 Å². The molecular weight excluding hydrogens is 541 g/mol. The quantitative estimate of drug-likeness (QED) is 0.302. The van der Waals surface area contributed by atoms with Crippen LogP contribution in [0.25, 0.3) is 0 Å². The zero-order chi connectivity index (χ0) is 20.8. The van der Waals surface area contributed by atoms with Gasteiger partial charge >= 0.3 is 0 Å². The van der Waals surface area contributed by atoms with Gasteiger partial charge in [-0.15, -0.1) is 0 Å². The highest BCUT2D eigenvalue weighted by atomic mass is 79.9. The molecule has 0 aliphatic heterocycles. The summed E-state index contributed by atoms with van der Waals surface area (Å²) in [6.45, 7) is 3.43. The standard InChI is InChI=1S/C22H19Br2Cl2NO2/c1-2-28-21-10-15(12-27-17-7-8-18(24)19(25)11-17)9-20(26)22(21)29-13-14-3-5-16(23)6-4-14/h3-11,27H,2,12-13H2,1H3. The second-order valence-corrected chi connectivity index (χ2v) is 8.82. The Kier molecular flexibility index (Phi) is 8.13. The third-order valence-corrected chi connectivity index (χ3v) is 6.12. The van der Waals surface area contributed by atoms with E-state index in [4.69, 9.17) is 32.7 Å². The molecule has 0 saturated heterocycles. The van der Waals surface area contributed by atoms with Gasteiger partial charge in [-0.2, -0.15) is 0 Å². The van der Waals surface area contributed by atoms with Crippen molar-refractivity contribution in [3.63, 3.8) is 0 Å². The molecule has 7 heteroatoms. The number of anilines is 1. The number of halogens is 4. The van der Waals surface area contributed by atoms with Gasteiger partial charge in [-0.05, 0) is 76.4 Å². The summed E-state index contributed by atoms with van der Waals surface area (Å²) in [4.78, 5) is 0. The van der Waals surface area contributed by atoms with Crippen molar-refractivity contribution in [3.8, 4) is 11.5 Å². The van der Waals surface area contributed by atoms with E-state index in [0.717, 1.165) is 25.8 Å². The third-order valence-electron chi connectivity index (χ3n) is 4.08. The molecule has 3 aromatic carbocycles. The van der Waals surface area contributed by atoms with E-state index in [9.17, 15) is 0 Å². The van der Waals surface area contributed by atoms with E-state index < -0.39 is 0 Å². The molecule has 0 saturated carbocycles. The normalized spacial score (nSPS) is 10.7. The van der Waals surface area contributed by atoms with E-state index >= 15 is 0 Å². The van der Waals surface area contributed by atoms with Crippen molar-refractivity contribution in [1.82, 2.24) is 0 Å². The summed E-state index contributed by atoms with van der Waals surface area (Å²) in [5.41, 5.74) is 2.95. The average molecular weight is 560 g/mol. The van der Waals surface area contributed by atoms with Crippen molar-refractivity contribution in [1.29, 1.82) is 0 Å². The van der Waals surface area contributed by atoms with Crippen molar-refractivity contribution in [2.75, 3.05) is 11.9 Å². The highest BCUT2D eigenvalue weighted by Crippen LogP contribution is 2.37. The van der Waals surface area contributed by atoms with Crippen LogP contribution in [-0.4, -0.2) is 6.61 Å². The summed E-state index contributed by atoms with van der Waals surface area (Å²) in [5.74, 6) is 1.18. The van der Waals surface area contributed by atoms with Crippen molar-refractivity contribution in [2.45, 2.75) is 20.1 Å². The minimum Gasteiger partial charge on any atom is -0.490 e. The van der Waals surface area contributed by atoms with Gasteiger partial charge in [0.1, 0.15) is 6.61 Å². The Morgan fingerprint density at radius 1 is 0.862 bits per heavy atom. The smallest absolute Gasteiger partial charge is 0.180 e. The van der Waals surface area contributed by atoms with Gasteiger partial charge in [-0.3, -0.25) is 0 Å². The summed E-state index contributed by atoms with van der Waals surface area (Å²) in [5, 5.41) is 4.51. The lowest BCUT2D eigenvalue weighted by Crippen LogP contribution is -2.04. The van der Waals surface area contributed by atoms with Gasteiger partial charge in [0.2, 0.25) is 0 Å². The minimum absolute atomic E-state index is 0.405. The first-order valence-electron chi connectivity index (χ1n) is 8.97. The Hall–Kier alpha value is -1.40. The molecule has 0 spiro atoms. The first-order valence-corrected chi connectivity index (χ1v) is 11.3. The molecule has 1 N–H and O–H groups in total. The summed E-state index contributed by atoms with van der Waals surface area (Å²) in [6.07, 6.45) is 0. The maximum atomic E-state index is 6.52. The van der Waals surface area contributed by atoms with Gasteiger partial charge in [0.15, 0.2) is 11.5 Å². The third kappa shape index (κ3) is 6.29. The molecule has 0 bridgehead atoms. The fourth-order valence-electron chi connectivity index (χ4n) is 2.67. The monoisotopic (exact) mass is 557 g/mol. The van der Waals surface area contributed by atoms with Gasteiger partial charge in [0.05, 0.1) is 16.7 Å². The molecule has 0 amide bonds. The van der Waals surface area contributed by atoms with E-state index in [1.54, 1.807) is 0 Å². The van der Waals surface area contributed by atoms with E-state index in [-0.39, 0.29) is 0 Å². The largest absolute Gasteiger partial charge is 0.490 e. The first kappa shape index (κ1) is 22.3. The molecule has 0 unspecified atom stereocenters. The predicted molar refractivity (Wildman–Crippen MR) is 128 cm³/mol. The summed E-state index contributed by atoms with van der Waals surface area (Å²) >= 11 is 19.5. The van der Waals surface area contributed by atoms with Gasteiger partial charge in [0, 0.05) is 21.2 Å². The van der Waals surface area contributed by atoms with E-state index in [1.165, 1.54) is 0 Å². The average Bonchev–Trinajstić information content (AvgIpc) is 2.70. The van der Waals surface area contributed by atoms with Crippen LogP contribution in [-0.2, 0) is 13.2 Å². The molecule has 0 heterocycles. The lowest BCUT2D eigenvalue weighted by Gasteiger charge is -2.16. The Morgan fingerprint density at radius 2 is 1.62 bits per heavy atom. The van der Waals surface area contributed by atoms with E-state index in [0.29, 0.717) is 41.3 Å². The maximum absolute atomic E-state index is 6.52. The molecular formula is C22H19Br2Cl2NO2. The lowest BCUT2D eigenvalue weighted by atomic mass is 10.2. The van der Waals surface area contributed by atoms with Crippen LogP contribution in [0, 0.1) is 0 Å². The fraction of sp³-hybridized carbons (Fsp3) is 0.182. The van der Waals surface area contributed by atoms with Crippen molar-refractivity contribution in [3.05, 3.63) is 84.7 Å². The molecule has 0 atom stereocenters. The van der Waals surface area contributed by atoms with Crippen LogP contribution in [0.2, 0.25) is 10.0 Å². The molecule has 3 rings (SSSR count). The Morgan fingerprint density at radius 3 is 2.31 bits per heavy atom. The molecule has 0 radical (unpaired) electrons. The zero-order valence-electron chi connectivity index (χ0n) is 15.6. The molecule has 0 aliphatic carbocycles. The Labute approximate surface area is 197 Å². The Balaban J connectivity index is 1.74. The van der Waals surface area contributed by atoms with Crippen molar-refractivity contribution >= 4 is 60.7 Å². The second-order valence-electron chi connectivity index (χ2n) is 6.24. The number of hydrogen-bond donors (Lipinski definition) is 1. The van der Waals surface area contributed by atoms with Crippen LogP contribution in [0.15, 0.2) is 63.5 Å². The highest BCUT2D eigenvalue weighted by molar-refractivity contribution is 9.10. The van der Waals surface area contributed by atoms with Crippen LogP contribution in [0.5, 0.6) is 11.5 Å². The first-order chi connectivity index (χ1) is 14.0. The number of hydrogen-bond acceptors (Lipinski definition) is 3. The lowest BCUT2D eigenvalue weighted by molar-refractivity contribution is 0.269. The molecule has 29 heavy (non-hydrogen) atoms. The number of nitrogens with one attached hydrogen (secondary N) is 1. The predicted octanol–water partition coefficient (Wildman–Crippen LogP) is 8.11. The Bertz CT molecular complexity index is 981. The molecule has 3 aromatic rings. The number of rotatable bonds is 8. The molecule has 0 aromatic heterocycles. The van der Waals surface area contributed by atoms with E-state index in [1.807, 2.05) is 61.5 Å². The fourth-order valence-corrected chi connectivity index (χ4v) is 3.65. The van der Waals surface area contributed by atoms with Crippen LogP contribution in [0.1, 0.15) is 18.1 Å². The van der Waals surface area contributed by atoms with Crippen molar-refractivity contribution in [2.24, 2.45) is 0 Å². The number of ether oxygens (including phenoxy) is 2.